The number of hydrogen-bond acceptors (Lipinski definition) is 5. The number of benzene rings is 1. The van der Waals surface area contributed by atoms with Crippen molar-refractivity contribution in [2.24, 2.45) is 0 Å². The molecule has 1 aromatic carbocycles. The quantitative estimate of drug-likeness (QED) is 0.816. The van der Waals surface area contributed by atoms with E-state index in [9.17, 15) is 4.79 Å². The maximum Gasteiger partial charge on any atom is 0.228 e. The van der Waals surface area contributed by atoms with E-state index in [1.807, 2.05) is 29.6 Å². The van der Waals surface area contributed by atoms with Crippen LogP contribution in [0.1, 0.15) is 5.69 Å². The first-order valence-corrected chi connectivity index (χ1v) is 7.13. The van der Waals surface area contributed by atoms with Crippen LogP contribution in [0.25, 0.3) is 10.6 Å². The summed E-state index contributed by atoms with van der Waals surface area (Å²) in [6.45, 7) is 0.309. The van der Waals surface area contributed by atoms with Gasteiger partial charge in [0.05, 0.1) is 18.7 Å². The molecule has 0 bridgehead atoms. The molecule has 0 radical (unpaired) electrons. The topological polar surface area (TPSA) is 79.5 Å². The molecule has 0 aliphatic heterocycles. The number of aromatic nitrogens is 1. The average molecular weight is 291 g/mol. The number of aliphatic hydroxyl groups is 1. The number of carbonyl (C=O) groups is 1. The van der Waals surface area contributed by atoms with Crippen molar-refractivity contribution in [1.82, 2.24) is 9.88 Å². The van der Waals surface area contributed by atoms with Gasteiger partial charge in [0, 0.05) is 30.2 Å². The van der Waals surface area contributed by atoms with E-state index >= 15 is 0 Å². The van der Waals surface area contributed by atoms with Gasteiger partial charge in [-0.15, -0.1) is 11.3 Å². The van der Waals surface area contributed by atoms with Gasteiger partial charge in [0.15, 0.2) is 0 Å². The summed E-state index contributed by atoms with van der Waals surface area (Å²) in [5, 5.41) is 11.6. The standard InChI is InChI=1S/C14H17N3O2S/c1-17(6-7-18)13(19)8-12-9-20-14(16-12)10-2-4-11(15)5-3-10/h2-5,9,18H,6-8,15H2,1H3. The molecule has 0 unspecified atom stereocenters. The highest BCUT2D eigenvalue weighted by Crippen LogP contribution is 2.24. The van der Waals surface area contributed by atoms with Crippen LogP contribution in [0, 0.1) is 0 Å². The van der Waals surface area contributed by atoms with Crippen molar-refractivity contribution in [3.05, 3.63) is 35.3 Å². The SMILES string of the molecule is CN(CCO)C(=O)Cc1csc(-c2ccc(N)cc2)n1. The number of rotatable bonds is 5. The van der Waals surface area contributed by atoms with E-state index in [2.05, 4.69) is 4.98 Å². The number of nitrogens with two attached hydrogens (primary N) is 1. The highest BCUT2D eigenvalue weighted by Gasteiger charge is 2.12. The Labute approximate surface area is 121 Å². The molecule has 0 aliphatic rings. The molecule has 1 aromatic heterocycles. The zero-order valence-corrected chi connectivity index (χ0v) is 12.1. The number of hydrogen-bond donors (Lipinski definition) is 2. The van der Waals surface area contributed by atoms with E-state index in [4.69, 9.17) is 10.8 Å². The van der Waals surface area contributed by atoms with Crippen molar-refractivity contribution < 1.29 is 9.90 Å². The zero-order valence-electron chi connectivity index (χ0n) is 11.2. The Balaban J connectivity index is 2.05. The van der Waals surface area contributed by atoms with E-state index < -0.39 is 0 Å². The third-order valence-corrected chi connectivity index (χ3v) is 3.84. The molecule has 0 saturated heterocycles. The first kappa shape index (κ1) is 14.5. The van der Waals surface area contributed by atoms with Crippen LogP contribution in [-0.2, 0) is 11.2 Å². The molecular formula is C14H17N3O2S. The molecule has 0 spiro atoms. The number of aliphatic hydroxyl groups excluding tert-OH is 1. The maximum absolute atomic E-state index is 11.9. The first-order chi connectivity index (χ1) is 9.60. The van der Waals surface area contributed by atoms with E-state index in [0.717, 1.165) is 16.3 Å². The van der Waals surface area contributed by atoms with E-state index in [0.29, 0.717) is 12.2 Å². The van der Waals surface area contributed by atoms with E-state index in [1.165, 1.54) is 16.2 Å². The number of likely N-dealkylation sites (N-methyl/N-ethyl adjacent to an activating group) is 1. The highest BCUT2D eigenvalue weighted by molar-refractivity contribution is 7.13. The zero-order chi connectivity index (χ0) is 14.5. The molecule has 0 aliphatic carbocycles. The Morgan fingerprint density at radius 2 is 2.10 bits per heavy atom. The molecule has 106 valence electrons. The van der Waals surface area contributed by atoms with Crippen LogP contribution in [0.3, 0.4) is 0 Å². The van der Waals surface area contributed by atoms with Gasteiger partial charge in [-0.3, -0.25) is 4.79 Å². The summed E-state index contributed by atoms with van der Waals surface area (Å²) in [7, 11) is 1.67. The maximum atomic E-state index is 11.9. The molecule has 1 amide bonds. The Kier molecular flexibility index (Phi) is 4.70. The van der Waals surface area contributed by atoms with Crippen molar-refractivity contribution in [2.75, 3.05) is 25.9 Å². The van der Waals surface area contributed by atoms with Gasteiger partial charge in [-0.2, -0.15) is 0 Å². The lowest BCUT2D eigenvalue weighted by atomic mass is 10.2. The van der Waals surface area contributed by atoms with Gasteiger partial charge in [-0.05, 0) is 24.3 Å². The molecule has 20 heavy (non-hydrogen) atoms. The second kappa shape index (κ2) is 6.49. The lowest BCUT2D eigenvalue weighted by molar-refractivity contribution is -0.129. The first-order valence-electron chi connectivity index (χ1n) is 6.25. The third kappa shape index (κ3) is 3.55. The van der Waals surface area contributed by atoms with Crippen LogP contribution in [0.5, 0.6) is 0 Å². The molecule has 3 N–H and O–H groups in total. The van der Waals surface area contributed by atoms with Crippen LogP contribution in [-0.4, -0.2) is 41.1 Å². The van der Waals surface area contributed by atoms with Crippen LogP contribution in [0.4, 0.5) is 5.69 Å². The summed E-state index contributed by atoms with van der Waals surface area (Å²) >= 11 is 1.50. The summed E-state index contributed by atoms with van der Waals surface area (Å²) in [6, 6.07) is 7.49. The monoisotopic (exact) mass is 291 g/mol. The van der Waals surface area contributed by atoms with Gasteiger partial charge >= 0.3 is 0 Å². The average Bonchev–Trinajstić information content (AvgIpc) is 2.88. The molecule has 2 rings (SSSR count). The minimum atomic E-state index is -0.0480. The Bertz CT molecular complexity index is 580. The van der Waals surface area contributed by atoms with Crippen LogP contribution >= 0.6 is 11.3 Å². The molecule has 1 heterocycles. The summed E-state index contributed by atoms with van der Waals surface area (Å²) in [5.41, 5.74) is 8.10. The molecule has 0 saturated carbocycles. The van der Waals surface area contributed by atoms with E-state index in [-0.39, 0.29) is 18.9 Å². The fourth-order valence-corrected chi connectivity index (χ4v) is 2.54. The van der Waals surface area contributed by atoms with Crippen molar-refractivity contribution in [1.29, 1.82) is 0 Å². The number of amides is 1. The lowest BCUT2D eigenvalue weighted by Crippen LogP contribution is -2.30. The van der Waals surface area contributed by atoms with Crippen LogP contribution < -0.4 is 5.73 Å². The second-order valence-electron chi connectivity index (χ2n) is 4.48. The van der Waals surface area contributed by atoms with Crippen molar-refractivity contribution in [3.8, 4) is 10.6 Å². The van der Waals surface area contributed by atoms with Gasteiger partial charge in [0.1, 0.15) is 5.01 Å². The summed E-state index contributed by atoms with van der Waals surface area (Å²) < 4.78 is 0. The summed E-state index contributed by atoms with van der Waals surface area (Å²) in [5.74, 6) is -0.0480. The minimum Gasteiger partial charge on any atom is -0.399 e. The Morgan fingerprint density at radius 1 is 1.40 bits per heavy atom. The van der Waals surface area contributed by atoms with Gasteiger partial charge in [-0.25, -0.2) is 4.98 Å². The molecule has 0 fully saturated rings. The van der Waals surface area contributed by atoms with Gasteiger partial charge in [-0.1, -0.05) is 0 Å². The highest BCUT2D eigenvalue weighted by atomic mass is 32.1. The Hall–Kier alpha value is -1.92. The van der Waals surface area contributed by atoms with E-state index in [1.54, 1.807) is 7.05 Å². The van der Waals surface area contributed by atoms with Crippen molar-refractivity contribution in [2.45, 2.75) is 6.42 Å². The predicted molar refractivity (Wildman–Crippen MR) is 80.4 cm³/mol. The number of nitrogens with zero attached hydrogens (tertiary/aromatic N) is 2. The molecule has 2 aromatic rings. The van der Waals surface area contributed by atoms with Gasteiger partial charge in [0.25, 0.3) is 0 Å². The van der Waals surface area contributed by atoms with Crippen molar-refractivity contribution in [3.63, 3.8) is 0 Å². The van der Waals surface area contributed by atoms with Gasteiger partial charge < -0.3 is 15.7 Å². The summed E-state index contributed by atoms with van der Waals surface area (Å²) in [6.07, 6.45) is 0.252. The smallest absolute Gasteiger partial charge is 0.228 e. The van der Waals surface area contributed by atoms with Gasteiger partial charge in [0.2, 0.25) is 5.91 Å². The van der Waals surface area contributed by atoms with Crippen LogP contribution in [0.2, 0.25) is 0 Å². The third-order valence-electron chi connectivity index (χ3n) is 2.90. The Morgan fingerprint density at radius 3 is 2.75 bits per heavy atom. The molecule has 0 atom stereocenters. The fraction of sp³-hybridized carbons (Fsp3) is 0.286. The normalized spacial score (nSPS) is 10.5. The number of thiazole rings is 1. The molecule has 5 nitrogen and oxygen atoms in total. The predicted octanol–water partition coefficient (Wildman–Crippen LogP) is 1.39. The minimum absolute atomic E-state index is 0.0318. The number of nitrogen functional groups attached to an aromatic ring is 1. The molecular weight excluding hydrogens is 274 g/mol. The lowest BCUT2D eigenvalue weighted by Gasteiger charge is -2.14. The fourth-order valence-electron chi connectivity index (χ4n) is 1.71. The number of carbonyl (C=O) groups excluding carboxylic acids is 1. The summed E-state index contributed by atoms with van der Waals surface area (Å²) in [4.78, 5) is 17.8. The second-order valence-corrected chi connectivity index (χ2v) is 5.34. The van der Waals surface area contributed by atoms with Crippen LogP contribution in [0.15, 0.2) is 29.6 Å². The largest absolute Gasteiger partial charge is 0.399 e. The van der Waals surface area contributed by atoms with Crippen molar-refractivity contribution >= 4 is 22.9 Å². The number of anilines is 1. The molecule has 6 heteroatoms.